The number of nitro groups is 1. The highest BCUT2D eigenvalue weighted by molar-refractivity contribution is 5.73. The third kappa shape index (κ3) is 2.79. The Labute approximate surface area is 93.8 Å². The van der Waals surface area contributed by atoms with Crippen molar-refractivity contribution in [2.24, 2.45) is 0 Å². The Bertz CT molecular complexity index is 404. The van der Waals surface area contributed by atoms with Gasteiger partial charge in [-0.05, 0) is 6.92 Å². The molecule has 0 radical (unpaired) electrons. The largest absolute Gasteiger partial charge is 0.339 e. The van der Waals surface area contributed by atoms with E-state index < -0.39 is 4.92 Å². The van der Waals surface area contributed by atoms with E-state index in [0.29, 0.717) is 12.1 Å². The van der Waals surface area contributed by atoms with Gasteiger partial charge in [-0.15, -0.1) is 0 Å². The summed E-state index contributed by atoms with van der Waals surface area (Å²) in [6, 6.07) is 6.47. The summed E-state index contributed by atoms with van der Waals surface area (Å²) in [5, 5.41) is 10.8. The fourth-order valence-corrected chi connectivity index (χ4v) is 1.47. The Morgan fingerprint density at radius 1 is 1.44 bits per heavy atom. The number of hydrogen-bond acceptors (Lipinski definition) is 3. The SMILES string of the molecule is CCN(Cc1ccccc1[N+](=O)[O-])C(C)=O. The molecule has 0 heterocycles. The Hall–Kier alpha value is -1.91. The molecule has 0 aliphatic carbocycles. The lowest BCUT2D eigenvalue weighted by Crippen LogP contribution is -2.28. The van der Waals surface area contributed by atoms with Crippen LogP contribution in [0, 0.1) is 10.1 Å². The predicted molar refractivity (Wildman–Crippen MR) is 59.9 cm³/mol. The first-order valence-electron chi connectivity index (χ1n) is 5.04. The van der Waals surface area contributed by atoms with E-state index >= 15 is 0 Å². The van der Waals surface area contributed by atoms with Crippen molar-refractivity contribution in [2.45, 2.75) is 20.4 Å². The number of rotatable bonds is 4. The first-order valence-corrected chi connectivity index (χ1v) is 5.04. The van der Waals surface area contributed by atoms with E-state index in [2.05, 4.69) is 0 Å². The maximum atomic E-state index is 11.2. The smallest absolute Gasteiger partial charge is 0.274 e. The van der Waals surface area contributed by atoms with Gasteiger partial charge in [0.25, 0.3) is 5.69 Å². The minimum absolute atomic E-state index is 0.0576. The highest BCUT2D eigenvalue weighted by Crippen LogP contribution is 2.19. The molecule has 0 fully saturated rings. The topological polar surface area (TPSA) is 63.4 Å². The van der Waals surface area contributed by atoms with E-state index in [9.17, 15) is 14.9 Å². The first kappa shape index (κ1) is 12.2. The van der Waals surface area contributed by atoms with Gasteiger partial charge >= 0.3 is 0 Å². The minimum Gasteiger partial charge on any atom is -0.339 e. The van der Waals surface area contributed by atoms with Crippen LogP contribution in [0.2, 0.25) is 0 Å². The lowest BCUT2D eigenvalue weighted by Gasteiger charge is -2.18. The number of nitro benzene ring substituents is 1. The number of para-hydroxylation sites is 1. The average molecular weight is 222 g/mol. The summed E-state index contributed by atoms with van der Waals surface area (Å²) >= 11 is 0. The summed E-state index contributed by atoms with van der Waals surface area (Å²) in [5.41, 5.74) is 0.617. The Morgan fingerprint density at radius 2 is 2.06 bits per heavy atom. The fraction of sp³-hybridized carbons (Fsp3) is 0.364. The van der Waals surface area contributed by atoms with Crippen LogP contribution in [0.3, 0.4) is 0 Å². The molecule has 0 saturated heterocycles. The molecule has 1 aromatic rings. The second-order valence-electron chi connectivity index (χ2n) is 3.42. The van der Waals surface area contributed by atoms with Crippen molar-refractivity contribution in [2.75, 3.05) is 6.54 Å². The van der Waals surface area contributed by atoms with E-state index in [1.54, 1.807) is 23.1 Å². The molecular formula is C11H14N2O3. The third-order valence-electron chi connectivity index (χ3n) is 2.38. The van der Waals surface area contributed by atoms with Crippen molar-refractivity contribution >= 4 is 11.6 Å². The molecule has 0 spiro atoms. The lowest BCUT2D eigenvalue weighted by molar-refractivity contribution is -0.385. The molecule has 16 heavy (non-hydrogen) atoms. The molecular weight excluding hydrogens is 208 g/mol. The zero-order valence-electron chi connectivity index (χ0n) is 9.34. The molecule has 0 aromatic heterocycles. The molecule has 0 aliphatic heterocycles. The van der Waals surface area contributed by atoms with Crippen LogP contribution in [-0.2, 0) is 11.3 Å². The quantitative estimate of drug-likeness (QED) is 0.577. The van der Waals surface area contributed by atoms with Crippen LogP contribution in [-0.4, -0.2) is 22.3 Å². The van der Waals surface area contributed by atoms with Gasteiger partial charge in [-0.2, -0.15) is 0 Å². The van der Waals surface area contributed by atoms with E-state index in [4.69, 9.17) is 0 Å². The summed E-state index contributed by atoms with van der Waals surface area (Å²) in [6.45, 7) is 4.12. The Balaban J connectivity index is 2.95. The molecule has 0 N–H and O–H groups in total. The van der Waals surface area contributed by atoms with Crippen LogP contribution < -0.4 is 0 Å². The van der Waals surface area contributed by atoms with E-state index in [1.807, 2.05) is 6.92 Å². The molecule has 0 saturated carbocycles. The average Bonchev–Trinajstić information content (AvgIpc) is 2.25. The maximum Gasteiger partial charge on any atom is 0.274 e. The van der Waals surface area contributed by atoms with Gasteiger partial charge in [0.2, 0.25) is 5.91 Å². The maximum absolute atomic E-state index is 11.2. The molecule has 5 nitrogen and oxygen atoms in total. The van der Waals surface area contributed by atoms with Crippen LogP contribution >= 0.6 is 0 Å². The molecule has 86 valence electrons. The summed E-state index contributed by atoms with van der Waals surface area (Å²) in [4.78, 5) is 23.1. The van der Waals surface area contributed by atoms with E-state index in [-0.39, 0.29) is 18.1 Å². The van der Waals surface area contributed by atoms with E-state index in [0.717, 1.165) is 0 Å². The molecule has 5 heteroatoms. The third-order valence-corrected chi connectivity index (χ3v) is 2.38. The summed E-state index contributed by atoms with van der Waals surface area (Å²) in [6.07, 6.45) is 0. The van der Waals surface area contributed by atoms with Gasteiger partial charge in [0.05, 0.1) is 11.5 Å². The van der Waals surface area contributed by atoms with Crippen molar-refractivity contribution in [3.8, 4) is 0 Å². The molecule has 0 atom stereocenters. The van der Waals surface area contributed by atoms with Crippen LogP contribution in [0.15, 0.2) is 24.3 Å². The number of benzene rings is 1. The van der Waals surface area contributed by atoms with Gasteiger partial charge < -0.3 is 4.90 Å². The first-order chi connectivity index (χ1) is 7.56. The van der Waals surface area contributed by atoms with E-state index in [1.165, 1.54) is 13.0 Å². The van der Waals surface area contributed by atoms with Crippen molar-refractivity contribution in [1.29, 1.82) is 0 Å². The van der Waals surface area contributed by atoms with Crippen molar-refractivity contribution in [3.63, 3.8) is 0 Å². The Kier molecular flexibility index (Phi) is 3.99. The van der Waals surface area contributed by atoms with Gasteiger partial charge in [0, 0.05) is 25.1 Å². The monoisotopic (exact) mass is 222 g/mol. The zero-order chi connectivity index (χ0) is 12.1. The summed E-state index contributed by atoms with van der Waals surface area (Å²) in [7, 11) is 0. The summed E-state index contributed by atoms with van der Waals surface area (Å²) in [5.74, 6) is -0.0827. The summed E-state index contributed by atoms with van der Waals surface area (Å²) < 4.78 is 0. The zero-order valence-corrected chi connectivity index (χ0v) is 9.34. The molecule has 0 bridgehead atoms. The number of hydrogen-bond donors (Lipinski definition) is 0. The van der Waals surface area contributed by atoms with Crippen molar-refractivity contribution in [3.05, 3.63) is 39.9 Å². The predicted octanol–water partition coefficient (Wildman–Crippen LogP) is 1.96. The van der Waals surface area contributed by atoms with Crippen LogP contribution in [0.1, 0.15) is 19.4 Å². The minimum atomic E-state index is -0.427. The lowest BCUT2D eigenvalue weighted by atomic mass is 10.1. The Morgan fingerprint density at radius 3 is 2.56 bits per heavy atom. The van der Waals surface area contributed by atoms with Gasteiger partial charge in [0.1, 0.15) is 0 Å². The second-order valence-corrected chi connectivity index (χ2v) is 3.42. The standard InChI is InChI=1S/C11H14N2O3/c1-3-12(9(2)14)8-10-6-4-5-7-11(10)13(15)16/h4-7H,3,8H2,1-2H3. The van der Waals surface area contributed by atoms with Crippen molar-refractivity contribution < 1.29 is 9.72 Å². The van der Waals surface area contributed by atoms with Gasteiger partial charge in [0.15, 0.2) is 0 Å². The normalized spacial score (nSPS) is 9.88. The van der Waals surface area contributed by atoms with Gasteiger partial charge in [-0.3, -0.25) is 14.9 Å². The number of nitrogens with zero attached hydrogens (tertiary/aromatic N) is 2. The number of carbonyl (C=O) groups excluding carboxylic acids is 1. The van der Waals surface area contributed by atoms with Gasteiger partial charge in [-0.1, -0.05) is 18.2 Å². The molecule has 1 rings (SSSR count). The molecule has 1 aromatic carbocycles. The molecule has 0 aliphatic rings. The number of amides is 1. The van der Waals surface area contributed by atoms with Crippen LogP contribution in [0.25, 0.3) is 0 Å². The number of carbonyl (C=O) groups is 1. The van der Waals surface area contributed by atoms with Crippen molar-refractivity contribution in [1.82, 2.24) is 4.90 Å². The van der Waals surface area contributed by atoms with Crippen LogP contribution in [0.4, 0.5) is 5.69 Å². The molecule has 0 unspecified atom stereocenters. The second kappa shape index (κ2) is 5.25. The fourth-order valence-electron chi connectivity index (χ4n) is 1.47. The van der Waals surface area contributed by atoms with Crippen LogP contribution in [0.5, 0.6) is 0 Å². The highest BCUT2D eigenvalue weighted by Gasteiger charge is 2.15. The molecule has 1 amide bonds. The highest BCUT2D eigenvalue weighted by atomic mass is 16.6. The van der Waals surface area contributed by atoms with Gasteiger partial charge in [-0.25, -0.2) is 0 Å².